The Bertz CT molecular complexity index is 1270. The highest BCUT2D eigenvalue weighted by Gasteiger charge is 2.21. The van der Waals surface area contributed by atoms with Gasteiger partial charge in [0.15, 0.2) is 5.16 Å². The lowest BCUT2D eigenvalue weighted by atomic mass is 9.87. The smallest absolute Gasteiger partial charge is 0.187 e. The minimum absolute atomic E-state index is 0.145. The van der Waals surface area contributed by atoms with Crippen molar-refractivity contribution in [1.82, 2.24) is 24.8 Å². The van der Waals surface area contributed by atoms with E-state index in [4.69, 9.17) is 4.98 Å². The zero-order valence-electron chi connectivity index (χ0n) is 20.4. The molecule has 0 unspecified atom stereocenters. The molecule has 1 N–H and O–H groups in total. The number of thioether (sulfide) groups is 1. The number of para-hydroxylation sites is 1. The molecular formula is C27H32N6S. The molecule has 0 spiro atoms. The molecule has 7 heteroatoms. The van der Waals surface area contributed by atoms with Crippen LogP contribution in [-0.2, 0) is 12.0 Å². The maximum absolute atomic E-state index is 5.03. The first-order valence-corrected chi connectivity index (χ1v) is 13.1. The third-order valence-electron chi connectivity index (χ3n) is 6.49. The number of fused-ring (bicyclic) bond motifs is 1. The van der Waals surface area contributed by atoms with Crippen LogP contribution in [0.1, 0.15) is 32.0 Å². The van der Waals surface area contributed by atoms with E-state index < -0.39 is 0 Å². The fourth-order valence-corrected chi connectivity index (χ4v) is 4.85. The number of nitrogens with one attached hydrogen (secondary N) is 1. The number of hydrogen-bond acceptors (Lipinski definition) is 6. The van der Waals surface area contributed by atoms with Crippen LogP contribution in [0.2, 0.25) is 0 Å². The van der Waals surface area contributed by atoms with Crippen LogP contribution in [0.15, 0.2) is 59.9 Å². The van der Waals surface area contributed by atoms with Crippen molar-refractivity contribution in [3.63, 3.8) is 0 Å². The number of nitrogens with zero attached hydrogens (tertiary/aromatic N) is 5. The van der Waals surface area contributed by atoms with E-state index in [0.29, 0.717) is 0 Å². The highest BCUT2D eigenvalue weighted by molar-refractivity contribution is 7.98. The van der Waals surface area contributed by atoms with E-state index in [1.165, 1.54) is 11.3 Å². The molecule has 0 aliphatic carbocycles. The van der Waals surface area contributed by atoms with Gasteiger partial charge in [-0.25, -0.2) is 15.0 Å². The highest BCUT2D eigenvalue weighted by atomic mass is 32.2. The van der Waals surface area contributed by atoms with E-state index in [1.54, 1.807) is 11.8 Å². The van der Waals surface area contributed by atoms with Crippen molar-refractivity contribution >= 4 is 28.5 Å². The molecule has 3 heterocycles. The van der Waals surface area contributed by atoms with Crippen molar-refractivity contribution in [2.45, 2.75) is 37.9 Å². The Morgan fingerprint density at radius 2 is 1.71 bits per heavy atom. The van der Waals surface area contributed by atoms with Gasteiger partial charge in [0, 0.05) is 44.5 Å². The number of hydrogen-bond donors (Lipinski definition) is 1. The van der Waals surface area contributed by atoms with E-state index >= 15 is 0 Å². The van der Waals surface area contributed by atoms with Crippen LogP contribution in [0.5, 0.6) is 0 Å². The Labute approximate surface area is 205 Å². The Morgan fingerprint density at radius 3 is 2.41 bits per heavy atom. The molecule has 1 aliphatic rings. The van der Waals surface area contributed by atoms with Crippen molar-refractivity contribution < 1.29 is 0 Å². The van der Waals surface area contributed by atoms with E-state index in [9.17, 15) is 0 Å². The van der Waals surface area contributed by atoms with E-state index in [-0.39, 0.29) is 5.41 Å². The largest absolute Gasteiger partial charge is 0.367 e. The summed E-state index contributed by atoms with van der Waals surface area (Å²) in [6.07, 6.45) is 3.87. The Balaban J connectivity index is 1.31. The minimum Gasteiger partial charge on any atom is -0.367 e. The summed E-state index contributed by atoms with van der Waals surface area (Å²) in [6.45, 7) is 11.5. The SMILES string of the molecule is CSc1nccc(CN2CCN(c3cccc4[nH]c(-c5ccc(C(C)(C)C)cc5)nc34)CC2)n1. The van der Waals surface area contributed by atoms with Crippen molar-refractivity contribution in [2.75, 3.05) is 37.3 Å². The molecule has 0 amide bonds. The number of aromatic amines is 1. The van der Waals surface area contributed by atoms with Crippen LogP contribution in [0.4, 0.5) is 5.69 Å². The average Bonchev–Trinajstić information content (AvgIpc) is 3.29. The van der Waals surface area contributed by atoms with Crippen LogP contribution in [0.3, 0.4) is 0 Å². The van der Waals surface area contributed by atoms with Crippen LogP contribution in [0.25, 0.3) is 22.4 Å². The molecule has 0 radical (unpaired) electrons. The molecule has 2 aromatic heterocycles. The second-order valence-electron chi connectivity index (χ2n) is 9.88. The molecule has 34 heavy (non-hydrogen) atoms. The minimum atomic E-state index is 0.145. The number of H-pyrrole nitrogens is 1. The molecule has 0 saturated carbocycles. The number of imidazole rings is 1. The number of aromatic nitrogens is 4. The van der Waals surface area contributed by atoms with Crippen molar-refractivity contribution in [3.05, 3.63) is 66.0 Å². The molecule has 4 aromatic rings. The van der Waals surface area contributed by atoms with Gasteiger partial charge in [0.05, 0.1) is 16.9 Å². The van der Waals surface area contributed by atoms with Gasteiger partial charge in [-0.1, -0.05) is 62.9 Å². The monoisotopic (exact) mass is 472 g/mol. The zero-order chi connectivity index (χ0) is 23.7. The van der Waals surface area contributed by atoms with Crippen molar-refractivity contribution in [1.29, 1.82) is 0 Å². The summed E-state index contributed by atoms with van der Waals surface area (Å²) >= 11 is 1.59. The average molecular weight is 473 g/mol. The molecule has 0 atom stereocenters. The van der Waals surface area contributed by atoms with Gasteiger partial charge in [0.25, 0.3) is 0 Å². The molecular weight excluding hydrogens is 440 g/mol. The molecule has 5 rings (SSSR count). The van der Waals surface area contributed by atoms with Crippen LogP contribution < -0.4 is 4.90 Å². The maximum Gasteiger partial charge on any atom is 0.187 e. The maximum atomic E-state index is 5.03. The second kappa shape index (κ2) is 9.39. The first-order valence-electron chi connectivity index (χ1n) is 11.8. The van der Waals surface area contributed by atoms with Gasteiger partial charge in [-0.15, -0.1) is 0 Å². The third kappa shape index (κ3) is 4.81. The molecule has 1 aliphatic heterocycles. The topological polar surface area (TPSA) is 60.9 Å². The van der Waals surface area contributed by atoms with Gasteiger partial charge in [-0.2, -0.15) is 0 Å². The molecule has 2 aromatic carbocycles. The van der Waals surface area contributed by atoms with Crippen LogP contribution in [-0.4, -0.2) is 57.3 Å². The summed E-state index contributed by atoms with van der Waals surface area (Å²) in [5.41, 5.74) is 7.02. The molecule has 6 nitrogen and oxygen atoms in total. The van der Waals surface area contributed by atoms with Gasteiger partial charge in [-0.05, 0) is 35.4 Å². The first-order chi connectivity index (χ1) is 16.4. The highest BCUT2D eigenvalue weighted by Crippen LogP contribution is 2.30. The first kappa shape index (κ1) is 22.9. The number of rotatable bonds is 5. The summed E-state index contributed by atoms with van der Waals surface area (Å²) in [5, 5.41) is 0.838. The molecule has 0 bridgehead atoms. The predicted molar refractivity (Wildman–Crippen MR) is 142 cm³/mol. The Kier molecular flexibility index (Phi) is 6.32. The van der Waals surface area contributed by atoms with E-state index in [2.05, 4.69) is 88.0 Å². The standard InChI is InChI=1S/C27H32N6S/c1-27(2,3)20-10-8-19(9-11-20)25-30-22-6-5-7-23(24(22)31-25)33-16-14-32(15-17-33)18-21-12-13-28-26(29-21)34-4/h5-13H,14-18H2,1-4H3,(H,30,31). The molecule has 1 fully saturated rings. The van der Waals surface area contributed by atoms with Gasteiger partial charge in [0.2, 0.25) is 0 Å². The zero-order valence-corrected chi connectivity index (χ0v) is 21.2. The lowest BCUT2D eigenvalue weighted by Gasteiger charge is -2.36. The lowest BCUT2D eigenvalue weighted by molar-refractivity contribution is 0.246. The van der Waals surface area contributed by atoms with Crippen LogP contribution in [0, 0.1) is 0 Å². The summed E-state index contributed by atoms with van der Waals surface area (Å²) in [7, 11) is 0. The van der Waals surface area contributed by atoms with Crippen molar-refractivity contribution in [2.24, 2.45) is 0 Å². The van der Waals surface area contributed by atoms with Gasteiger partial charge >= 0.3 is 0 Å². The lowest BCUT2D eigenvalue weighted by Crippen LogP contribution is -2.46. The van der Waals surface area contributed by atoms with Crippen molar-refractivity contribution in [3.8, 4) is 11.4 Å². The van der Waals surface area contributed by atoms with Gasteiger partial charge in [0.1, 0.15) is 11.3 Å². The summed E-state index contributed by atoms with van der Waals surface area (Å²) in [4.78, 5) is 22.4. The Hall–Kier alpha value is -2.90. The Morgan fingerprint density at radius 1 is 0.941 bits per heavy atom. The summed E-state index contributed by atoms with van der Waals surface area (Å²) in [5.74, 6) is 0.926. The quantitative estimate of drug-likeness (QED) is 0.312. The van der Waals surface area contributed by atoms with Gasteiger partial charge < -0.3 is 9.88 Å². The number of benzene rings is 2. The van der Waals surface area contributed by atoms with E-state index in [0.717, 1.165) is 66.0 Å². The van der Waals surface area contributed by atoms with Gasteiger partial charge in [-0.3, -0.25) is 4.90 Å². The fourth-order valence-electron chi connectivity index (χ4n) is 4.48. The normalized spacial score (nSPS) is 15.2. The van der Waals surface area contributed by atoms with Crippen LogP contribution >= 0.6 is 11.8 Å². The molecule has 1 saturated heterocycles. The summed E-state index contributed by atoms with van der Waals surface area (Å²) in [6, 6.07) is 17.2. The van der Waals surface area contributed by atoms with E-state index in [1.807, 2.05) is 18.5 Å². The second-order valence-corrected chi connectivity index (χ2v) is 10.7. The number of piperazine rings is 1. The predicted octanol–water partition coefficient (Wildman–Crippen LogP) is 5.36. The number of anilines is 1. The summed E-state index contributed by atoms with van der Waals surface area (Å²) < 4.78 is 0. The fraction of sp³-hybridized carbons (Fsp3) is 0.370. The third-order valence-corrected chi connectivity index (χ3v) is 7.05. The molecule has 176 valence electrons.